The molecule has 0 aromatic rings. The van der Waals surface area contributed by atoms with E-state index in [0.717, 1.165) is 0 Å². The molecule has 0 aliphatic heterocycles. The van der Waals surface area contributed by atoms with E-state index in [1.54, 1.807) is 13.8 Å². The average Bonchev–Trinajstić information content (AvgIpc) is 2.01. The van der Waals surface area contributed by atoms with Crippen molar-refractivity contribution in [3.63, 3.8) is 0 Å². The highest BCUT2D eigenvalue weighted by atomic mass is 16.4. The van der Waals surface area contributed by atoms with Crippen LogP contribution in [-0.2, 0) is 4.79 Å². The molecule has 80 valence electrons. The van der Waals surface area contributed by atoms with Crippen LogP contribution in [0, 0.1) is 0 Å². The molecule has 7 heteroatoms. The summed E-state index contributed by atoms with van der Waals surface area (Å²) in [6, 6.07) is 0. The van der Waals surface area contributed by atoms with Gasteiger partial charge in [-0.3, -0.25) is 9.80 Å². The number of nitrogens with zero attached hydrogens (tertiary/aromatic N) is 2. The first kappa shape index (κ1) is 12.2. The van der Waals surface area contributed by atoms with Gasteiger partial charge >= 0.3 is 6.09 Å². The molecule has 1 atom stereocenters. The fraction of sp³-hybridized carbons (Fsp3) is 0.571. The van der Waals surface area contributed by atoms with Crippen LogP contribution in [0.15, 0.2) is 5.10 Å². The van der Waals surface area contributed by atoms with Crippen LogP contribution in [0.4, 0.5) is 4.79 Å². The standard InChI is InChI=1S/C7H14N4O3/c1-3-9-11(4-6(8)12)5(2)10-7(13)14/h3,5,10H,4H2,1-2H3,(H2,8,12)(H,13,14)/b9-3-. The molecule has 0 spiro atoms. The van der Waals surface area contributed by atoms with Crippen molar-refractivity contribution < 1.29 is 14.7 Å². The number of primary amides is 1. The Morgan fingerprint density at radius 2 is 2.29 bits per heavy atom. The zero-order chi connectivity index (χ0) is 11.1. The van der Waals surface area contributed by atoms with E-state index in [2.05, 4.69) is 10.4 Å². The first-order chi connectivity index (χ1) is 6.47. The van der Waals surface area contributed by atoms with Gasteiger partial charge in [0.05, 0.1) is 0 Å². The van der Waals surface area contributed by atoms with Crippen molar-refractivity contribution in [1.29, 1.82) is 0 Å². The Morgan fingerprint density at radius 3 is 2.64 bits per heavy atom. The van der Waals surface area contributed by atoms with Crippen LogP contribution >= 0.6 is 0 Å². The van der Waals surface area contributed by atoms with Crippen LogP contribution in [0.5, 0.6) is 0 Å². The average molecular weight is 202 g/mol. The first-order valence-corrected chi connectivity index (χ1v) is 4.00. The Bertz CT molecular complexity index is 241. The summed E-state index contributed by atoms with van der Waals surface area (Å²) in [4.78, 5) is 20.9. The number of carboxylic acid groups (broad SMARTS) is 1. The maximum atomic E-state index is 10.6. The molecule has 0 aromatic heterocycles. The van der Waals surface area contributed by atoms with Crippen LogP contribution in [-0.4, -0.2) is 41.0 Å². The van der Waals surface area contributed by atoms with Gasteiger partial charge in [0.25, 0.3) is 0 Å². The van der Waals surface area contributed by atoms with Crippen LogP contribution in [0.25, 0.3) is 0 Å². The van der Waals surface area contributed by atoms with Crippen molar-refractivity contribution in [1.82, 2.24) is 10.3 Å². The summed E-state index contributed by atoms with van der Waals surface area (Å²) in [6.07, 6.45) is -0.336. The lowest BCUT2D eigenvalue weighted by Gasteiger charge is -2.24. The Labute approximate surface area is 81.6 Å². The van der Waals surface area contributed by atoms with E-state index in [1.807, 2.05) is 0 Å². The summed E-state index contributed by atoms with van der Waals surface area (Å²) < 4.78 is 0. The minimum Gasteiger partial charge on any atom is -0.465 e. The van der Waals surface area contributed by atoms with E-state index >= 15 is 0 Å². The number of nitrogens with two attached hydrogens (primary N) is 1. The van der Waals surface area contributed by atoms with E-state index in [9.17, 15) is 9.59 Å². The molecule has 0 aromatic carbocycles. The second kappa shape index (κ2) is 5.79. The molecule has 0 radical (unpaired) electrons. The van der Waals surface area contributed by atoms with Gasteiger partial charge in [-0.05, 0) is 13.8 Å². The van der Waals surface area contributed by atoms with E-state index in [0.29, 0.717) is 0 Å². The number of rotatable bonds is 5. The second-order valence-electron chi connectivity index (χ2n) is 2.56. The van der Waals surface area contributed by atoms with Gasteiger partial charge < -0.3 is 16.2 Å². The predicted octanol–water partition coefficient (Wildman–Crippen LogP) is -0.607. The Morgan fingerprint density at radius 1 is 1.71 bits per heavy atom. The third-order valence-electron chi connectivity index (χ3n) is 1.36. The number of hydrogen-bond acceptors (Lipinski definition) is 4. The summed E-state index contributed by atoms with van der Waals surface area (Å²) in [6.45, 7) is 3.08. The molecule has 0 fully saturated rings. The van der Waals surface area contributed by atoms with Crippen molar-refractivity contribution in [3.8, 4) is 0 Å². The lowest BCUT2D eigenvalue weighted by molar-refractivity contribution is -0.119. The molecule has 7 nitrogen and oxygen atoms in total. The maximum Gasteiger partial charge on any atom is 0.406 e. The van der Waals surface area contributed by atoms with Crippen LogP contribution < -0.4 is 11.1 Å². The molecule has 0 aliphatic rings. The number of amides is 2. The third-order valence-corrected chi connectivity index (χ3v) is 1.36. The van der Waals surface area contributed by atoms with Gasteiger partial charge in [-0.2, -0.15) is 5.10 Å². The quantitative estimate of drug-likeness (QED) is 0.314. The molecule has 0 saturated heterocycles. The highest BCUT2D eigenvalue weighted by Gasteiger charge is 2.14. The van der Waals surface area contributed by atoms with E-state index < -0.39 is 18.2 Å². The largest absolute Gasteiger partial charge is 0.465 e. The van der Waals surface area contributed by atoms with Gasteiger partial charge in [-0.1, -0.05) is 0 Å². The van der Waals surface area contributed by atoms with E-state index in [4.69, 9.17) is 10.8 Å². The molecular weight excluding hydrogens is 188 g/mol. The van der Waals surface area contributed by atoms with Gasteiger partial charge in [0, 0.05) is 6.21 Å². The van der Waals surface area contributed by atoms with Gasteiger partial charge in [0.2, 0.25) is 5.91 Å². The summed E-state index contributed by atoms with van der Waals surface area (Å²) in [5.74, 6) is -0.574. The fourth-order valence-corrected chi connectivity index (χ4v) is 0.839. The maximum absolute atomic E-state index is 10.6. The number of nitrogens with one attached hydrogen (secondary N) is 1. The number of carbonyl (C=O) groups excluding carboxylic acids is 1. The van der Waals surface area contributed by atoms with Gasteiger partial charge in [0.1, 0.15) is 12.7 Å². The van der Waals surface area contributed by atoms with Crippen molar-refractivity contribution in [3.05, 3.63) is 0 Å². The lowest BCUT2D eigenvalue weighted by Crippen LogP contribution is -2.46. The zero-order valence-corrected chi connectivity index (χ0v) is 8.10. The van der Waals surface area contributed by atoms with E-state index in [1.165, 1.54) is 11.2 Å². The SMILES string of the molecule is C/C=N\N(CC(N)=O)C(C)NC(=O)O. The molecule has 1 unspecified atom stereocenters. The van der Waals surface area contributed by atoms with Crippen LogP contribution in [0.2, 0.25) is 0 Å². The minimum atomic E-state index is -1.18. The lowest BCUT2D eigenvalue weighted by atomic mass is 10.5. The smallest absolute Gasteiger partial charge is 0.406 e. The summed E-state index contributed by atoms with van der Waals surface area (Å²) in [5.41, 5.74) is 4.96. The zero-order valence-electron chi connectivity index (χ0n) is 8.10. The molecule has 0 aliphatic carbocycles. The van der Waals surface area contributed by atoms with Crippen molar-refractivity contribution in [2.24, 2.45) is 10.8 Å². The normalized spacial score (nSPS) is 12.4. The third kappa shape index (κ3) is 4.96. The number of hydrogen-bond donors (Lipinski definition) is 3. The molecular formula is C7H14N4O3. The Kier molecular flexibility index (Phi) is 5.05. The Balaban J connectivity index is 4.31. The molecule has 2 amide bonds. The molecule has 0 heterocycles. The fourth-order valence-electron chi connectivity index (χ4n) is 0.839. The molecule has 4 N–H and O–H groups in total. The predicted molar refractivity (Wildman–Crippen MR) is 50.7 cm³/mol. The first-order valence-electron chi connectivity index (χ1n) is 4.00. The summed E-state index contributed by atoms with van der Waals surface area (Å²) in [5, 5.41) is 15.6. The van der Waals surface area contributed by atoms with Crippen molar-refractivity contribution >= 4 is 18.2 Å². The minimum absolute atomic E-state index is 0.133. The number of carbonyl (C=O) groups is 2. The Hall–Kier alpha value is -1.79. The van der Waals surface area contributed by atoms with Crippen molar-refractivity contribution in [2.75, 3.05) is 6.54 Å². The molecule has 0 saturated carbocycles. The highest BCUT2D eigenvalue weighted by molar-refractivity contribution is 5.76. The summed E-state index contributed by atoms with van der Waals surface area (Å²) >= 11 is 0. The monoisotopic (exact) mass is 202 g/mol. The summed E-state index contributed by atoms with van der Waals surface area (Å²) in [7, 11) is 0. The topological polar surface area (TPSA) is 108 Å². The molecule has 0 bridgehead atoms. The molecule has 0 rings (SSSR count). The van der Waals surface area contributed by atoms with Crippen LogP contribution in [0.3, 0.4) is 0 Å². The van der Waals surface area contributed by atoms with Crippen LogP contribution in [0.1, 0.15) is 13.8 Å². The van der Waals surface area contributed by atoms with Gasteiger partial charge in [-0.25, -0.2) is 4.79 Å². The number of hydrazone groups is 1. The van der Waals surface area contributed by atoms with E-state index in [-0.39, 0.29) is 6.54 Å². The second-order valence-corrected chi connectivity index (χ2v) is 2.56. The highest BCUT2D eigenvalue weighted by Crippen LogP contribution is 1.95. The van der Waals surface area contributed by atoms with Gasteiger partial charge in [-0.15, -0.1) is 0 Å². The van der Waals surface area contributed by atoms with Gasteiger partial charge in [0.15, 0.2) is 0 Å². The van der Waals surface area contributed by atoms with Crippen molar-refractivity contribution in [2.45, 2.75) is 20.0 Å². The molecule has 14 heavy (non-hydrogen) atoms.